The lowest BCUT2D eigenvalue weighted by atomic mass is 10.2. The molecule has 13 heavy (non-hydrogen) atoms. The maximum atomic E-state index is 10.7. The molecule has 70 valence electrons. The predicted octanol–water partition coefficient (Wildman–Crippen LogP) is 1.31. The molecule has 0 saturated carbocycles. The highest BCUT2D eigenvalue weighted by molar-refractivity contribution is 5.76. The Morgan fingerprint density at radius 3 is 2.15 bits per heavy atom. The van der Waals surface area contributed by atoms with Gasteiger partial charge in [0.25, 0.3) is 0 Å². The Labute approximate surface area is 78.5 Å². The molecule has 0 unspecified atom stereocenters. The maximum Gasteiger partial charge on any atom is 0.181 e. The standard InChI is InChI=1S/C10H14N2O/c1-11(2)10-6-4-9(5-7-10)8-12(3)13/h4-8H,1-3H3. The second-order valence-electron chi connectivity index (χ2n) is 3.16. The fraction of sp³-hybridized carbons (Fsp3) is 0.300. The van der Waals surface area contributed by atoms with Gasteiger partial charge in [-0.3, -0.25) is 0 Å². The van der Waals surface area contributed by atoms with Crippen molar-refractivity contribution in [3.63, 3.8) is 0 Å². The molecule has 3 heteroatoms. The zero-order valence-electron chi connectivity index (χ0n) is 8.19. The van der Waals surface area contributed by atoms with E-state index in [1.807, 2.05) is 43.3 Å². The van der Waals surface area contributed by atoms with E-state index in [-0.39, 0.29) is 0 Å². The van der Waals surface area contributed by atoms with E-state index in [1.54, 1.807) is 6.21 Å². The van der Waals surface area contributed by atoms with Crippen LogP contribution in [0.2, 0.25) is 0 Å². The molecular weight excluding hydrogens is 164 g/mol. The van der Waals surface area contributed by atoms with Crippen LogP contribution in [-0.2, 0) is 0 Å². The third-order valence-corrected chi connectivity index (χ3v) is 1.74. The minimum atomic E-state index is 0.796. The molecule has 0 aliphatic heterocycles. The van der Waals surface area contributed by atoms with E-state index in [9.17, 15) is 5.21 Å². The lowest BCUT2D eigenvalue weighted by Crippen LogP contribution is -2.08. The average Bonchev–Trinajstić information content (AvgIpc) is 2.04. The molecule has 0 aromatic heterocycles. The van der Waals surface area contributed by atoms with Gasteiger partial charge in [-0.2, -0.15) is 0 Å². The van der Waals surface area contributed by atoms with Gasteiger partial charge in [-0.1, -0.05) is 0 Å². The van der Waals surface area contributed by atoms with Gasteiger partial charge >= 0.3 is 0 Å². The summed E-state index contributed by atoms with van der Waals surface area (Å²) in [6, 6.07) is 7.80. The molecule has 0 aliphatic rings. The normalized spacial score (nSPS) is 11.5. The van der Waals surface area contributed by atoms with Crippen molar-refractivity contribution in [1.82, 2.24) is 0 Å². The summed E-state index contributed by atoms with van der Waals surface area (Å²) in [6.07, 6.45) is 1.54. The van der Waals surface area contributed by atoms with Crippen LogP contribution in [0.4, 0.5) is 5.69 Å². The number of rotatable bonds is 2. The van der Waals surface area contributed by atoms with Gasteiger partial charge in [-0.25, -0.2) is 4.74 Å². The first-order chi connectivity index (χ1) is 6.09. The average molecular weight is 178 g/mol. The first-order valence-corrected chi connectivity index (χ1v) is 4.12. The summed E-state index contributed by atoms with van der Waals surface area (Å²) in [6.45, 7) is 0. The second kappa shape index (κ2) is 3.94. The molecule has 1 rings (SSSR count). The number of hydroxylamine groups is 1. The highest BCUT2D eigenvalue weighted by atomic mass is 16.5. The molecule has 0 saturated heterocycles. The van der Waals surface area contributed by atoms with Crippen LogP contribution in [0.15, 0.2) is 24.3 Å². The van der Waals surface area contributed by atoms with Crippen molar-refractivity contribution in [1.29, 1.82) is 0 Å². The molecule has 1 aromatic rings. The summed E-state index contributed by atoms with van der Waals surface area (Å²) < 4.78 is 0.796. The van der Waals surface area contributed by atoms with Gasteiger partial charge in [-0.05, 0) is 24.3 Å². The van der Waals surface area contributed by atoms with Crippen molar-refractivity contribution in [2.75, 3.05) is 26.0 Å². The highest BCUT2D eigenvalue weighted by Gasteiger charge is 1.95. The van der Waals surface area contributed by atoms with Gasteiger partial charge in [0.2, 0.25) is 0 Å². The molecule has 0 heterocycles. The molecule has 0 fully saturated rings. The van der Waals surface area contributed by atoms with Crippen molar-refractivity contribution in [3.05, 3.63) is 35.0 Å². The number of anilines is 1. The number of benzene rings is 1. The van der Waals surface area contributed by atoms with Gasteiger partial charge < -0.3 is 10.1 Å². The van der Waals surface area contributed by atoms with E-state index in [0.717, 1.165) is 16.0 Å². The molecule has 0 bridgehead atoms. The molecule has 0 aliphatic carbocycles. The van der Waals surface area contributed by atoms with Gasteiger partial charge in [-0.15, -0.1) is 0 Å². The Balaban J connectivity index is 2.88. The minimum Gasteiger partial charge on any atom is -0.624 e. The van der Waals surface area contributed by atoms with Crippen molar-refractivity contribution < 1.29 is 4.74 Å². The van der Waals surface area contributed by atoms with Gasteiger partial charge in [0.15, 0.2) is 6.21 Å². The topological polar surface area (TPSA) is 29.3 Å². The monoisotopic (exact) mass is 178 g/mol. The van der Waals surface area contributed by atoms with Crippen LogP contribution < -0.4 is 4.90 Å². The van der Waals surface area contributed by atoms with Crippen LogP contribution in [0, 0.1) is 5.21 Å². The summed E-state index contributed by atoms with van der Waals surface area (Å²) in [5.41, 5.74) is 2.05. The first-order valence-electron chi connectivity index (χ1n) is 4.12. The summed E-state index contributed by atoms with van der Waals surface area (Å²) in [7, 11) is 5.44. The van der Waals surface area contributed by atoms with Crippen LogP contribution >= 0.6 is 0 Å². The molecule has 3 nitrogen and oxygen atoms in total. The molecule has 0 amide bonds. The van der Waals surface area contributed by atoms with E-state index >= 15 is 0 Å². The predicted molar refractivity (Wildman–Crippen MR) is 55.5 cm³/mol. The molecule has 0 atom stereocenters. The molecule has 0 radical (unpaired) electrons. The fourth-order valence-corrected chi connectivity index (χ4v) is 1.07. The molecule has 1 aromatic carbocycles. The van der Waals surface area contributed by atoms with Crippen molar-refractivity contribution in [3.8, 4) is 0 Å². The second-order valence-corrected chi connectivity index (χ2v) is 3.16. The van der Waals surface area contributed by atoms with E-state index in [1.165, 1.54) is 7.05 Å². The zero-order valence-corrected chi connectivity index (χ0v) is 8.19. The third-order valence-electron chi connectivity index (χ3n) is 1.74. The Morgan fingerprint density at radius 1 is 1.23 bits per heavy atom. The molecule has 0 spiro atoms. The van der Waals surface area contributed by atoms with Crippen molar-refractivity contribution >= 4 is 11.9 Å². The fourth-order valence-electron chi connectivity index (χ4n) is 1.07. The summed E-state index contributed by atoms with van der Waals surface area (Å²) >= 11 is 0. The first kappa shape index (κ1) is 9.58. The van der Waals surface area contributed by atoms with Crippen LogP contribution in [0.5, 0.6) is 0 Å². The van der Waals surface area contributed by atoms with Crippen molar-refractivity contribution in [2.24, 2.45) is 0 Å². The Hall–Kier alpha value is -1.51. The summed E-state index contributed by atoms with van der Waals surface area (Å²) in [4.78, 5) is 2.02. The van der Waals surface area contributed by atoms with E-state index in [2.05, 4.69) is 0 Å². The number of hydrogen-bond acceptors (Lipinski definition) is 2. The quantitative estimate of drug-likeness (QED) is 0.296. The summed E-state index contributed by atoms with van der Waals surface area (Å²) in [5, 5.41) is 10.7. The summed E-state index contributed by atoms with van der Waals surface area (Å²) in [5.74, 6) is 0. The smallest absolute Gasteiger partial charge is 0.181 e. The maximum absolute atomic E-state index is 10.7. The number of nitrogens with zero attached hydrogens (tertiary/aromatic N) is 2. The highest BCUT2D eigenvalue weighted by Crippen LogP contribution is 2.10. The molecular formula is C10H14N2O. The van der Waals surface area contributed by atoms with E-state index in [4.69, 9.17) is 0 Å². The SMILES string of the molecule is CN(C)c1ccc(C=[N+](C)[O-])cc1. The van der Waals surface area contributed by atoms with Crippen LogP contribution in [0.3, 0.4) is 0 Å². The largest absolute Gasteiger partial charge is 0.624 e. The van der Waals surface area contributed by atoms with Gasteiger partial charge in [0, 0.05) is 25.3 Å². The lowest BCUT2D eigenvalue weighted by molar-refractivity contribution is -0.416. The minimum absolute atomic E-state index is 0.796. The van der Waals surface area contributed by atoms with Gasteiger partial charge in [0.05, 0.1) is 0 Å². The van der Waals surface area contributed by atoms with Gasteiger partial charge in [0.1, 0.15) is 7.05 Å². The van der Waals surface area contributed by atoms with E-state index in [0.29, 0.717) is 0 Å². The van der Waals surface area contributed by atoms with Crippen LogP contribution in [0.1, 0.15) is 5.56 Å². The number of hydrogen-bond donors (Lipinski definition) is 0. The Morgan fingerprint density at radius 2 is 1.77 bits per heavy atom. The van der Waals surface area contributed by atoms with E-state index < -0.39 is 0 Å². The third kappa shape index (κ3) is 2.78. The Bertz CT molecular complexity index is 297. The lowest BCUT2D eigenvalue weighted by Gasteiger charge is -2.11. The van der Waals surface area contributed by atoms with Crippen LogP contribution in [-0.4, -0.2) is 32.1 Å². The molecule has 0 N–H and O–H groups in total. The van der Waals surface area contributed by atoms with Crippen molar-refractivity contribution in [2.45, 2.75) is 0 Å². The van der Waals surface area contributed by atoms with Crippen LogP contribution in [0.25, 0.3) is 0 Å². The zero-order chi connectivity index (χ0) is 9.84. The Kier molecular flexibility index (Phi) is 2.90.